The first kappa shape index (κ1) is 21.4. The molecule has 0 unspecified atom stereocenters. The van der Waals surface area contributed by atoms with Crippen LogP contribution in [0.4, 0.5) is 17.6 Å². The fourth-order valence-electron chi connectivity index (χ4n) is 4.95. The number of benzene rings is 1. The molecular formula is C20H19ClF4N4O3. The Bertz CT molecular complexity index is 1030. The monoisotopic (exact) mass is 474 g/mol. The van der Waals surface area contributed by atoms with E-state index in [2.05, 4.69) is 20.3 Å². The smallest absolute Gasteiger partial charge is 0.484 e. The number of nitrogens with zero attached hydrogens (tertiary/aromatic N) is 3. The van der Waals surface area contributed by atoms with E-state index >= 15 is 0 Å². The Hall–Kier alpha value is -2.40. The van der Waals surface area contributed by atoms with Crippen LogP contribution in [0.15, 0.2) is 24.4 Å². The van der Waals surface area contributed by atoms with Gasteiger partial charge in [0, 0.05) is 17.0 Å². The van der Waals surface area contributed by atoms with Crippen molar-refractivity contribution in [1.29, 1.82) is 0 Å². The Morgan fingerprint density at radius 1 is 1.28 bits per heavy atom. The molecule has 4 saturated carbocycles. The van der Waals surface area contributed by atoms with Crippen molar-refractivity contribution in [2.24, 2.45) is 0 Å². The summed E-state index contributed by atoms with van der Waals surface area (Å²) >= 11 is 5.62. The number of amides is 1. The zero-order valence-corrected chi connectivity index (χ0v) is 17.4. The van der Waals surface area contributed by atoms with Gasteiger partial charge in [-0.1, -0.05) is 11.6 Å². The molecule has 1 heterocycles. The van der Waals surface area contributed by atoms with Gasteiger partial charge in [0.15, 0.2) is 6.61 Å². The zero-order valence-electron chi connectivity index (χ0n) is 16.7. The molecule has 6 rings (SSSR count). The lowest BCUT2D eigenvalue weighted by molar-refractivity contribution is -0.353. The predicted molar refractivity (Wildman–Crippen MR) is 103 cm³/mol. The van der Waals surface area contributed by atoms with Crippen LogP contribution in [-0.2, 0) is 14.9 Å². The Morgan fingerprint density at radius 2 is 2.00 bits per heavy atom. The average Bonchev–Trinajstić information content (AvgIpc) is 3.09. The van der Waals surface area contributed by atoms with E-state index in [1.165, 1.54) is 16.9 Å². The molecule has 0 aliphatic heterocycles. The number of nitrogens with one attached hydrogen (secondary N) is 1. The first-order chi connectivity index (χ1) is 15.0. The third-order valence-corrected chi connectivity index (χ3v) is 6.75. The van der Waals surface area contributed by atoms with Gasteiger partial charge in [-0.2, -0.15) is 15.0 Å². The van der Waals surface area contributed by atoms with Gasteiger partial charge in [-0.15, -0.1) is 13.2 Å². The maximum Gasteiger partial charge on any atom is 0.522 e. The third-order valence-electron chi connectivity index (χ3n) is 6.44. The first-order valence-electron chi connectivity index (χ1n) is 10.1. The molecule has 1 aromatic heterocycles. The summed E-state index contributed by atoms with van der Waals surface area (Å²) < 4.78 is 59.5. The minimum absolute atomic E-state index is 0.0235. The molecule has 4 aliphatic carbocycles. The summed E-state index contributed by atoms with van der Waals surface area (Å²) in [7, 11) is 0. The molecule has 1 aromatic carbocycles. The summed E-state index contributed by atoms with van der Waals surface area (Å²) in [5.41, 5.74) is 0.330. The molecule has 0 saturated heterocycles. The maximum absolute atomic E-state index is 13.4. The summed E-state index contributed by atoms with van der Waals surface area (Å²) in [6.07, 6.45) is -1.25. The molecule has 2 aromatic rings. The highest BCUT2D eigenvalue weighted by molar-refractivity contribution is 6.30. The van der Waals surface area contributed by atoms with E-state index in [-0.39, 0.29) is 53.1 Å². The van der Waals surface area contributed by atoms with Crippen LogP contribution < -0.4 is 10.1 Å². The lowest BCUT2D eigenvalue weighted by Crippen LogP contribution is -2.77. The Balaban J connectivity index is 1.08. The number of hydrogen-bond acceptors (Lipinski definition) is 5. The number of alkyl halides is 3. The number of rotatable bonds is 7. The molecule has 32 heavy (non-hydrogen) atoms. The maximum atomic E-state index is 13.4. The van der Waals surface area contributed by atoms with Gasteiger partial charge in [-0.3, -0.25) is 9.53 Å². The molecule has 4 aliphatic rings. The highest BCUT2D eigenvalue weighted by Crippen LogP contribution is 2.67. The molecule has 1 N–H and O–H groups in total. The van der Waals surface area contributed by atoms with E-state index in [9.17, 15) is 22.4 Å². The Morgan fingerprint density at radius 3 is 2.66 bits per heavy atom. The van der Waals surface area contributed by atoms with Gasteiger partial charge in [-0.25, -0.2) is 4.39 Å². The summed E-state index contributed by atoms with van der Waals surface area (Å²) in [4.78, 5) is 13.7. The minimum atomic E-state index is -4.63. The van der Waals surface area contributed by atoms with E-state index in [1.54, 1.807) is 6.20 Å². The quantitative estimate of drug-likeness (QED) is 0.619. The van der Waals surface area contributed by atoms with Gasteiger partial charge in [0.2, 0.25) is 0 Å². The molecule has 4 fully saturated rings. The topological polar surface area (TPSA) is 78.3 Å². The van der Waals surface area contributed by atoms with Crippen molar-refractivity contribution in [3.63, 3.8) is 0 Å². The number of aromatic nitrogens is 3. The lowest BCUT2D eigenvalue weighted by atomic mass is 9.38. The molecule has 172 valence electrons. The van der Waals surface area contributed by atoms with Gasteiger partial charge >= 0.3 is 6.36 Å². The molecule has 0 atom stereocenters. The van der Waals surface area contributed by atoms with Gasteiger partial charge in [-0.05, 0) is 44.2 Å². The van der Waals surface area contributed by atoms with E-state index in [0.29, 0.717) is 19.3 Å². The Labute approximate surface area is 185 Å². The van der Waals surface area contributed by atoms with Crippen LogP contribution in [0.25, 0.3) is 0 Å². The highest BCUT2D eigenvalue weighted by Gasteiger charge is 2.70. The van der Waals surface area contributed by atoms with Crippen LogP contribution in [0.2, 0.25) is 5.02 Å². The van der Waals surface area contributed by atoms with Crippen molar-refractivity contribution < 1.29 is 31.8 Å². The lowest BCUT2D eigenvalue weighted by Gasteiger charge is -2.69. The summed E-state index contributed by atoms with van der Waals surface area (Å²) in [6.45, 7) is -0.241. The molecule has 2 bridgehead atoms. The van der Waals surface area contributed by atoms with Crippen molar-refractivity contribution >= 4 is 17.5 Å². The van der Waals surface area contributed by atoms with Crippen LogP contribution in [-0.4, -0.2) is 45.5 Å². The van der Waals surface area contributed by atoms with Gasteiger partial charge in [0.25, 0.3) is 5.91 Å². The number of ether oxygens (including phenoxy) is 2. The third kappa shape index (κ3) is 3.92. The molecular weight excluding hydrogens is 456 g/mol. The van der Waals surface area contributed by atoms with Crippen molar-refractivity contribution in [2.45, 2.75) is 61.6 Å². The molecule has 7 nitrogen and oxygen atoms in total. The second-order valence-electron chi connectivity index (χ2n) is 8.86. The molecule has 0 radical (unpaired) electrons. The highest BCUT2D eigenvalue weighted by atomic mass is 35.5. The number of carbonyl (C=O) groups excluding carboxylic acids is 1. The number of carbonyl (C=O) groups is 1. The van der Waals surface area contributed by atoms with Crippen LogP contribution in [0.1, 0.15) is 43.8 Å². The predicted octanol–water partition coefficient (Wildman–Crippen LogP) is 3.68. The summed E-state index contributed by atoms with van der Waals surface area (Å²) in [5, 5.41) is 11.6. The second-order valence-corrected chi connectivity index (χ2v) is 9.27. The fourth-order valence-corrected chi connectivity index (χ4v) is 5.06. The summed E-state index contributed by atoms with van der Waals surface area (Å²) in [5.74, 6) is -0.710. The van der Waals surface area contributed by atoms with Crippen LogP contribution >= 0.6 is 11.6 Å². The van der Waals surface area contributed by atoms with Crippen LogP contribution in [0, 0.1) is 5.82 Å². The van der Waals surface area contributed by atoms with E-state index in [0.717, 1.165) is 11.8 Å². The van der Waals surface area contributed by atoms with E-state index < -0.39 is 18.3 Å². The SMILES string of the molecule is O=C(COc1ccc(Cl)c(F)c1)NC12CC(c3cnn(C4CC(OC(F)(F)F)C4)n3)(C1)C2. The Kier molecular flexibility index (Phi) is 4.90. The van der Waals surface area contributed by atoms with Crippen LogP contribution in [0.3, 0.4) is 0 Å². The zero-order chi connectivity index (χ0) is 22.7. The standard InChI is InChI=1S/C20H19ClF4N4O3/c21-14-2-1-12(5-15(14)22)31-7-17(30)27-19-8-18(9-19,10-19)16-6-26-29(28-16)11-3-13(4-11)32-20(23,24)25/h1-2,5-6,11,13H,3-4,7-10H2,(H,27,30). The van der Waals surface area contributed by atoms with E-state index in [1.807, 2.05) is 0 Å². The van der Waals surface area contributed by atoms with E-state index in [4.69, 9.17) is 16.3 Å². The number of halogens is 5. The van der Waals surface area contributed by atoms with Crippen molar-refractivity contribution in [3.05, 3.63) is 40.9 Å². The molecule has 0 spiro atoms. The first-order valence-corrected chi connectivity index (χ1v) is 10.5. The normalized spacial score (nSPS) is 30.7. The van der Waals surface area contributed by atoms with Gasteiger partial charge < -0.3 is 10.1 Å². The van der Waals surface area contributed by atoms with Crippen molar-refractivity contribution in [3.8, 4) is 5.75 Å². The van der Waals surface area contributed by atoms with Crippen molar-refractivity contribution in [1.82, 2.24) is 20.3 Å². The fraction of sp³-hybridized carbons (Fsp3) is 0.550. The molecule has 12 heteroatoms. The van der Waals surface area contributed by atoms with Gasteiger partial charge in [0.05, 0.1) is 29.1 Å². The van der Waals surface area contributed by atoms with Gasteiger partial charge in [0.1, 0.15) is 11.6 Å². The second kappa shape index (κ2) is 7.31. The van der Waals surface area contributed by atoms with Crippen molar-refractivity contribution in [2.75, 3.05) is 6.61 Å². The largest absolute Gasteiger partial charge is 0.522 e. The van der Waals surface area contributed by atoms with Crippen LogP contribution in [0.5, 0.6) is 5.75 Å². The summed E-state index contributed by atoms with van der Waals surface area (Å²) in [6, 6.07) is 3.76. The average molecular weight is 475 g/mol. The minimum Gasteiger partial charge on any atom is -0.484 e. The molecule has 1 amide bonds. The number of hydrogen-bond donors (Lipinski definition) is 1.